The molecular weight excluding hydrogens is 322 g/mol. The van der Waals surface area contributed by atoms with Crippen molar-refractivity contribution in [3.8, 4) is 0 Å². The molecule has 0 bridgehead atoms. The highest BCUT2D eigenvalue weighted by molar-refractivity contribution is 7.89. The summed E-state index contributed by atoms with van der Waals surface area (Å²) in [6, 6.07) is 18.8. The van der Waals surface area contributed by atoms with Gasteiger partial charge in [0.05, 0.1) is 4.90 Å². The summed E-state index contributed by atoms with van der Waals surface area (Å²) >= 11 is 0. The van der Waals surface area contributed by atoms with Gasteiger partial charge in [-0.2, -0.15) is 0 Å². The number of rotatable bonds is 7. The number of hydroxylamine groups is 1. The Bertz CT molecular complexity index is 773. The van der Waals surface area contributed by atoms with Crippen LogP contribution in [-0.4, -0.2) is 19.1 Å². The van der Waals surface area contributed by atoms with Crippen LogP contribution in [0.5, 0.6) is 0 Å². The monoisotopic (exact) mass is 345 g/mol. The van der Waals surface area contributed by atoms with Gasteiger partial charge in [-0.1, -0.05) is 62.4 Å². The SMILES string of the molecule is CC(C)(CCc1ccccc1)CC1ON1S(=O)(=O)c1ccccc1. The third kappa shape index (κ3) is 4.04. The zero-order valence-corrected chi connectivity index (χ0v) is 14.9. The molecule has 1 aliphatic heterocycles. The average Bonchev–Trinajstić information content (AvgIpc) is 3.34. The molecule has 0 aliphatic carbocycles. The van der Waals surface area contributed by atoms with Crippen molar-refractivity contribution in [1.82, 2.24) is 4.47 Å². The lowest BCUT2D eigenvalue weighted by Gasteiger charge is -2.23. The first-order valence-electron chi connectivity index (χ1n) is 8.19. The Morgan fingerprint density at radius 3 is 2.21 bits per heavy atom. The first-order chi connectivity index (χ1) is 11.4. The van der Waals surface area contributed by atoms with Gasteiger partial charge in [0.15, 0.2) is 6.23 Å². The van der Waals surface area contributed by atoms with Crippen LogP contribution in [0.3, 0.4) is 0 Å². The van der Waals surface area contributed by atoms with Crippen LogP contribution >= 0.6 is 0 Å². The Morgan fingerprint density at radius 1 is 1.00 bits per heavy atom. The van der Waals surface area contributed by atoms with E-state index in [1.165, 1.54) is 5.56 Å². The molecule has 1 saturated heterocycles. The molecule has 4 nitrogen and oxygen atoms in total. The minimum absolute atomic E-state index is 0.00145. The van der Waals surface area contributed by atoms with Crippen molar-refractivity contribution in [3.63, 3.8) is 0 Å². The predicted octanol–water partition coefficient (Wildman–Crippen LogP) is 4.00. The zero-order chi connectivity index (χ0) is 17.2. The molecule has 1 aliphatic rings. The van der Waals surface area contributed by atoms with Crippen molar-refractivity contribution in [2.24, 2.45) is 5.41 Å². The molecule has 128 valence electrons. The van der Waals surface area contributed by atoms with Gasteiger partial charge in [0.1, 0.15) is 0 Å². The molecule has 0 amide bonds. The summed E-state index contributed by atoms with van der Waals surface area (Å²) in [6.07, 6.45) is 2.29. The van der Waals surface area contributed by atoms with E-state index in [4.69, 9.17) is 4.84 Å². The Labute approximate surface area is 144 Å². The maximum absolute atomic E-state index is 12.5. The third-order valence-electron chi connectivity index (χ3n) is 4.35. The van der Waals surface area contributed by atoms with Gasteiger partial charge in [-0.3, -0.25) is 4.84 Å². The lowest BCUT2D eigenvalue weighted by atomic mass is 9.83. The summed E-state index contributed by atoms with van der Waals surface area (Å²) < 4.78 is 26.1. The summed E-state index contributed by atoms with van der Waals surface area (Å²) in [5.74, 6) is 0. The minimum Gasteiger partial charge on any atom is -0.259 e. The van der Waals surface area contributed by atoms with Crippen LogP contribution in [0.1, 0.15) is 32.3 Å². The van der Waals surface area contributed by atoms with Gasteiger partial charge in [0.25, 0.3) is 10.0 Å². The summed E-state index contributed by atoms with van der Waals surface area (Å²) in [6.45, 7) is 4.32. The molecule has 0 saturated carbocycles. The number of sulfonamides is 1. The second-order valence-corrected chi connectivity index (χ2v) is 8.77. The molecule has 1 heterocycles. The minimum atomic E-state index is -3.54. The first kappa shape index (κ1) is 17.1. The van der Waals surface area contributed by atoms with E-state index in [9.17, 15) is 8.42 Å². The molecule has 1 fully saturated rings. The van der Waals surface area contributed by atoms with Gasteiger partial charge in [-0.05, 0) is 46.8 Å². The Balaban J connectivity index is 1.57. The van der Waals surface area contributed by atoms with Crippen LogP contribution in [0.25, 0.3) is 0 Å². The molecule has 24 heavy (non-hydrogen) atoms. The second-order valence-electron chi connectivity index (χ2n) is 6.99. The predicted molar refractivity (Wildman–Crippen MR) is 93.5 cm³/mol. The summed E-state index contributed by atoms with van der Waals surface area (Å²) in [5.41, 5.74) is 1.30. The lowest BCUT2D eigenvalue weighted by molar-refractivity contribution is 0.243. The van der Waals surface area contributed by atoms with Crippen molar-refractivity contribution in [2.45, 2.75) is 44.2 Å². The van der Waals surface area contributed by atoms with Gasteiger partial charge in [0.2, 0.25) is 0 Å². The van der Waals surface area contributed by atoms with Gasteiger partial charge in [-0.25, -0.2) is 8.42 Å². The molecule has 2 aromatic rings. The van der Waals surface area contributed by atoms with Gasteiger partial charge >= 0.3 is 0 Å². The fourth-order valence-electron chi connectivity index (χ4n) is 2.81. The summed E-state index contributed by atoms with van der Waals surface area (Å²) in [5, 5.41) is 0. The van der Waals surface area contributed by atoms with Gasteiger partial charge in [-0.15, -0.1) is 0 Å². The number of hydrogen-bond donors (Lipinski definition) is 0. The van der Waals surface area contributed by atoms with E-state index in [1.807, 2.05) is 18.2 Å². The fourth-order valence-corrected chi connectivity index (χ4v) is 4.12. The van der Waals surface area contributed by atoms with Crippen molar-refractivity contribution in [3.05, 3.63) is 66.2 Å². The fraction of sp³-hybridized carbons (Fsp3) is 0.368. The van der Waals surface area contributed by atoms with Crippen molar-refractivity contribution < 1.29 is 13.3 Å². The van der Waals surface area contributed by atoms with Gasteiger partial charge in [0, 0.05) is 0 Å². The van der Waals surface area contributed by atoms with E-state index in [0.29, 0.717) is 6.42 Å². The molecule has 2 aromatic carbocycles. The highest BCUT2D eigenvalue weighted by Crippen LogP contribution is 2.39. The van der Waals surface area contributed by atoms with Crippen molar-refractivity contribution in [1.29, 1.82) is 0 Å². The highest BCUT2D eigenvalue weighted by atomic mass is 32.2. The van der Waals surface area contributed by atoms with E-state index in [1.54, 1.807) is 30.3 Å². The lowest BCUT2D eigenvalue weighted by Crippen LogP contribution is -2.20. The van der Waals surface area contributed by atoms with Crippen LogP contribution in [0.15, 0.2) is 65.6 Å². The van der Waals surface area contributed by atoms with E-state index >= 15 is 0 Å². The van der Waals surface area contributed by atoms with E-state index in [-0.39, 0.29) is 16.5 Å². The number of aryl methyl sites for hydroxylation is 1. The van der Waals surface area contributed by atoms with E-state index < -0.39 is 10.0 Å². The van der Waals surface area contributed by atoms with E-state index in [0.717, 1.165) is 17.3 Å². The third-order valence-corrected chi connectivity index (χ3v) is 6.02. The molecule has 2 unspecified atom stereocenters. The van der Waals surface area contributed by atoms with Crippen LogP contribution in [-0.2, 0) is 21.3 Å². The molecule has 5 heteroatoms. The van der Waals surface area contributed by atoms with Crippen molar-refractivity contribution in [2.75, 3.05) is 0 Å². The van der Waals surface area contributed by atoms with Crippen LogP contribution in [0.4, 0.5) is 0 Å². The maximum atomic E-state index is 12.5. The van der Waals surface area contributed by atoms with Crippen LogP contribution < -0.4 is 0 Å². The molecule has 0 radical (unpaired) electrons. The number of benzene rings is 2. The summed E-state index contributed by atoms with van der Waals surface area (Å²) in [4.78, 5) is 5.64. The van der Waals surface area contributed by atoms with E-state index in [2.05, 4.69) is 26.0 Å². The second kappa shape index (κ2) is 6.67. The topological polar surface area (TPSA) is 49.7 Å². The first-order valence-corrected chi connectivity index (χ1v) is 9.63. The molecule has 0 aromatic heterocycles. The summed E-state index contributed by atoms with van der Waals surface area (Å²) in [7, 11) is -3.54. The smallest absolute Gasteiger partial charge is 0.259 e. The highest BCUT2D eigenvalue weighted by Gasteiger charge is 2.49. The molecular formula is C19H23NO3S. The quantitative estimate of drug-likeness (QED) is 0.713. The number of hydrogen-bond acceptors (Lipinski definition) is 3. The van der Waals surface area contributed by atoms with Crippen LogP contribution in [0, 0.1) is 5.41 Å². The molecule has 2 atom stereocenters. The normalized spacial score (nSPS) is 20.8. The Morgan fingerprint density at radius 2 is 1.58 bits per heavy atom. The Kier molecular flexibility index (Phi) is 4.76. The molecule has 3 rings (SSSR count). The standard InChI is InChI=1S/C19H23NO3S/c1-19(2,14-13-16-9-5-3-6-10-16)15-18-20(23-18)24(21,22)17-11-7-4-8-12-17/h3-12,18H,13-15H2,1-2H3. The Hall–Kier alpha value is -1.69. The molecule has 0 spiro atoms. The van der Waals surface area contributed by atoms with Gasteiger partial charge < -0.3 is 0 Å². The average molecular weight is 345 g/mol. The van der Waals surface area contributed by atoms with Crippen LogP contribution in [0.2, 0.25) is 0 Å². The molecule has 0 N–H and O–H groups in total. The zero-order valence-electron chi connectivity index (χ0n) is 14.1. The van der Waals surface area contributed by atoms with Crippen molar-refractivity contribution >= 4 is 10.0 Å². The maximum Gasteiger partial charge on any atom is 0.267 e. The number of nitrogens with zero attached hydrogens (tertiary/aromatic N) is 1. The largest absolute Gasteiger partial charge is 0.267 e.